The van der Waals surface area contributed by atoms with Crippen molar-refractivity contribution < 1.29 is 19.3 Å². The molecule has 0 saturated heterocycles. The van der Waals surface area contributed by atoms with Gasteiger partial charge in [0.05, 0.1) is 17.7 Å². The van der Waals surface area contributed by atoms with Crippen molar-refractivity contribution in [2.75, 3.05) is 7.11 Å². The zero-order valence-corrected chi connectivity index (χ0v) is 14.5. The maximum Gasteiger partial charge on any atom is 0.353 e. The first-order chi connectivity index (χ1) is 12.4. The predicted octanol–water partition coefficient (Wildman–Crippen LogP) is 3.18. The lowest BCUT2D eigenvalue weighted by Crippen LogP contribution is -2.42. The van der Waals surface area contributed by atoms with Crippen LogP contribution in [0.5, 0.6) is 0 Å². The van der Waals surface area contributed by atoms with Gasteiger partial charge in [0.1, 0.15) is 0 Å². The van der Waals surface area contributed by atoms with E-state index in [9.17, 15) is 14.9 Å². The van der Waals surface area contributed by atoms with Gasteiger partial charge in [-0.2, -0.15) is 0 Å². The van der Waals surface area contributed by atoms with Crippen molar-refractivity contribution in [1.82, 2.24) is 0 Å². The largest absolute Gasteiger partial charge is 0.466 e. The van der Waals surface area contributed by atoms with Gasteiger partial charge < -0.3 is 9.57 Å². The fourth-order valence-electron chi connectivity index (χ4n) is 2.99. The van der Waals surface area contributed by atoms with E-state index >= 15 is 0 Å². The summed E-state index contributed by atoms with van der Waals surface area (Å²) in [6, 6.07) is 14.0. The van der Waals surface area contributed by atoms with Gasteiger partial charge in [0.2, 0.25) is 5.60 Å². The third-order valence-corrected chi connectivity index (χ3v) is 4.39. The maximum atomic E-state index is 12.5. The third-order valence-electron chi connectivity index (χ3n) is 4.39. The molecule has 7 nitrogen and oxygen atoms in total. The molecular formula is C19H18N2O5. The quantitative estimate of drug-likeness (QED) is 0.467. The predicted molar refractivity (Wildman–Crippen MR) is 95.0 cm³/mol. The average Bonchev–Trinajstić information content (AvgIpc) is 3.07. The summed E-state index contributed by atoms with van der Waals surface area (Å²) >= 11 is 0. The number of esters is 1. The summed E-state index contributed by atoms with van der Waals surface area (Å²) in [6.07, 6.45) is 0.171. The molecule has 7 heteroatoms. The highest BCUT2D eigenvalue weighted by molar-refractivity contribution is 6.04. The van der Waals surface area contributed by atoms with Crippen LogP contribution in [-0.2, 0) is 20.8 Å². The molecule has 3 rings (SSSR count). The van der Waals surface area contributed by atoms with Gasteiger partial charge >= 0.3 is 5.97 Å². The molecule has 0 spiro atoms. The van der Waals surface area contributed by atoms with E-state index in [-0.39, 0.29) is 18.5 Å². The van der Waals surface area contributed by atoms with Gasteiger partial charge in [-0.25, -0.2) is 4.79 Å². The second-order valence-electron chi connectivity index (χ2n) is 6.22. The Labute approximate surface area is 150 Å². The van der Waals surface area contributed by atoms with Crippen LogP contribution in [0.2, 0.25) is 0 Å². The molecule has 0 N–H and O–H groups in total. The van der Waals surface area contributed by atoms with Gasteiger partial charge in [-0.1, -0.05) is 53.2 Å². The van der Waals surface area contributed by atoms with E-state index in [4.69, 9.17) is 9.57 Å². The highest BCUT2D eigenvalue weighted by atomic mass is 16.7. The second-order valence-corrected chi connectivity index (χ2v) is 6.22. The van der Waals surface area contributed by atoms with Crippen molar-refractivity contribution in [3.8, 4) is 0 Å². The van der Waals surface area contributed by atoms with Crippen LogP contribution in [-0.4, -0.2) is 29.3 Å². The smallest absolute Gasteiger partial charge is 0.353 e. The summed E-state index contributed by atoms with van der Waals surface area (Å²) in [5, 5.41) is 15.4. The minimum absolute atomic E-state index is 0.00428. The van der Waals surface area contributed by atoms with Gasteiger partial charge in [-0.05, 0) is 12.5 Å². The highest BCUT2D eigenvalue weighted by Gasteiger charge is 2.49. The summed E-state index contributed by atoms with van der Waals surface area (Å²) in [6.45, 7) is 1.98. The monoisotopic (exact) mass is 354 g/mol. The number of hydrogen-bond acceptors (Lipinski definition) is 6. The number of carbonyl (C=O) groups excluding carboxylic acids is 1. The van der Waals surface area contributed by atoms with Crippen LogP contribution in [0.3, 0.4) is 0 Å². The molecule has 0 aromatic heterocycles. The van der Waals surface area contributed by atoms with E-state index in [1.165, 1.54) is 13.2 Å². The van der Waals surface area contributed by atoms with Crippen molar-refractivity contribution >= 4 is 17.4 Å². The third kappa shape index (κ3) is 3.28. The van der Waals surface area contributed by atoms with E-state index in [1.807, 2.05) is 31.2 Å². The normalized spacial score (nSPS) is 18.8. The van der Waals surface area contributed by atoms with Crippen molar-refractivity contribution in [3.05, 3.63) is 75.3 Å². The van der Waals surface area contributed by atoms with E-state index in [2.05, 4.69) is 5.16 Å². The number of nitrogens with zero attached hydrogens (tertiary/aromatic N) is 2. The average molecular weight is 354 g/mol. The Morgan fingerprint density at radius 3 is 2.62 bits per heavy atom. The lowest BCUT2D eigenvalue weighted by atomic mass is 9.87. The Hall–Kier alpha value is -3.22. The van der Waals surface area contributed by atoms with E-state index < -0.39 is 16.5 Å². The summed E-state index contributed by atoms with van der Waals surface area (Å²) in [5.74, 6) is -0.610. The van der Waals surface area contributed by atoms with E-state index in [0.717, 1.165) is 11.1 Å². The number of carbonyl (C=O) groups is 1. The first kappa shape index (κ1) is 17.6. The summed E-state index contributed by atoms with van der Waals surface area (Å²) in [5.41, 5.74) is 1.46. The lowest BCUT2D eigenvalue weighted by molar-refractivity contribution is -0.385. The number of aryl methyl sites for hydroxylation is 1. The molecule has 1 aliphatic rings. The van der Waals surface area contributed by atoms with Crippen LogP contribution in [0.4, 0.5) is 5.69 Å². The standard InChI is InChI=1S/C19H18N2O5/c1-13-7-9-14(10-8-13)16-12-19(26-20-16,18(22)25-2)11-15-5-3-4-6-17(15)21(23)24/h3-10H,11-12H2,1-2H3. The zero-order valence-electron chi connectivity index (χ0n) is 14.5. The summed E-state index contributed by atoms with van der Waals surface area (Å²) < 4.78 is 4.91. The van der Waals surface area contributed by atoms with Gasteiger partial charge in [-0.3, -0.25) is 10.1 Å². The minimum Gasteiger partial charge on any atom is -0.466 e. The van der Waals surface area contributed by atoms with Crippen molar-refractivity contribution in [2.45, 2.75) is 25.4 Å². The summed E-state index contributed by atoms with van der Waals surface area (Å²) in [4.78, 5) is 28.8. The Balaban J connectivity index is 1.92. The molecule has 0 radical (unpaired) electrons. The Kier molecular flexibility index (Phi) is 4.71. The SMILES string of the molecule is COC(=O)C1(Cc2ccccc2[N+](=O)[O-])CC(c2ccc(C)cc2)=NO1. The van der Waals surface area contributed by atoms with Crippen LogP contribution in [0.15, 0.2) is 53.7 Å². The van der Waals surface area contributed by atoms with Crippen LogP contribution >= 0.6 is 0 Å². The Bertz CT molecular complexity index is 876. The number of oxime groups is 1. The highest BCUT2D eigenvalue weighted by Crippen LogP contribution is 2.34. The van der Waals surface area contributed by atoms with Crippen molar-refractivity contribution in [2.24, 2.45) is 5.16 Å². The molecule has 26 heavy (non-hydrogen) atoms. The maximum absolute atomic E-state index is 12.5. The first-order valence-corrected chi connectivity index (χ1v) is 8.08. The zero-order chi connectivity index (χ0) is 18.7. The molecular weight excluding hydrogens is 336 g/mol. The van der Waals surface area contributed by atoms with Gasteiger partial charge in [0.15, 0.2) is 0 Å². The van der Waals surface area contributed by atoms with E-state index in [0.29, 0.717) is 11.3 Å². The molecule has 0 aliphatic carbocycles. The molecule has 0 bridgehead atoms. The molecule has 134 valence electrons. The molecule has 1 unspecified atom stereocenters. The molecule has 0 fully saturated rings. The minimum atomic E-state index is -1.42. The number of nitro groups is 1. The van der Waals surface area contributed by atoms with Crippen LogP contribution < -0.4 is 0 Å². The number of ether oxygens (including phenoxy) is 1. The number of para-hydroxylation sites is 1. The van der Waals surface area contributed by atoms with E-state index in [1.54, 1.807) is 18.2 Å². The van der Waals surface area contributed by atoms with Crippen LogP contribution in [0, 0.1) is 17.0 Å². The van der Waals surface area contributed by atoms with Crippen LogP contribution in [0.25, 0.3) is 0 Å². The van der Waals surface area contributed by atoms with Crippen molar-refractivity contribution in [1.29, 1.82) is 0 Å². The van der Waals surface area contributed by atoms with Gasteiger partial charge in [0.25, 0.3) is 5.69 Å². The number of methoxy groups -OCH3 is 1. The molecule has 1 aliphatic heterocycles. The lowest BCUT2D eigenvalue weighted by Gasteiger charge is -2.23. The molecule has 1 atom stereocenters. The fraction of sp³-hybridized carbons (Fsp3) is 0.263. The number of hydrogen-bond donors (Lipinski definition) is 0. The molecule has 1 heterocycles. The Morgan fingerprint density at radius 1 is 1.27 bits per heavy atom. The number of benzene rings is 2. The van der Waals surface area contributed by atoms with Crippen LogP contribution in [0.1, 0.15) is 23.1 Å². The number of rotatable bonds is 5. The van der Waals surface area contributed by atoms with Gasteiger partial charge in [0, 0.05) is 24.5 Å². The van der Waals surface area contributed by atoms with Crippen molar-refractivity contribution in [3.63, 3.8) is 0 Å². The first-order valence-electron chi connectivity index (χ1n) is 8.08. The second kappa shape index (κ2) is 6.95. The molecule has 2 aromatic rings. The molecule has 0 saturated carbocycles. The number of nitro benzene ring substituents is 1. The Morgan fingerprint density at radius 2 is 1.96 bits per heavy atom. The van der Waals surface area contributed by atoms with Gasteiger partial charge in [-0.15, -0.1) is 0 Å². The topological polar surface area (TPSA) is 91.0 Å². The molecule has 0 amide bonds. The molecule has 2 aromatic carbocycles. The fourth-order valence-corrected chi connectivity index (χ4v) is 2.99. The summed E-state index contributed by atoms with van der Waals surface area (Å²) in [7, 11) is 1.26.